The molecule has 0 aliphatic rings. The summed E-state index contributed by atoms with van der Waals surface area (Å²) in [7, 11) is 0. The minimum absolute atomic E-state index is 0.226. The summed E-state index contributed by atoms with van der Waals surface area (Å²) in [5.74, 6) is 0.342. The van der Waals surface area contributed by atoms with Crippen LogP contribution in [0.5, 0.6) is 0 Å². The van der Waals surface area contributed by atoms with Crippen molar-refractivity contribution in [1.29, 1.82) is 0 Å². The molecule has 2 aromatic heterocycles. The Labute approximate surface area is 166 Å². The smallest absolute Gasteiger partial charge is 0.291 e. The summed E-state index contributed by atoms with van der Waals surface area (Å²) in [6, 6.07) is 18.1. The van der Waals surface area contributed by atoms with E-state index in [1.807, 2.05) is 36.4 Å². The number of aromatic nitrogens is 1. The van der Waals surface area contributed by atoms with Crippen molar-refractivity contribution in [2.24, 2.45) is 0 Å². The Morgan fingerprint density at radius 1 is 1.11 bits per heavy atom. The van der Waals surface area contributed by atoms with Crippen molar-refractivity contribution >= 4 is 45.7 Å². The van der Waals surface area contributed by atoms with Gasteiger partial charge in [0.15, 0.2) is 5.76 Å². The van der Waals surface area contributed by atoms with Crippen LogP contribution in [-0.4, -0.2) is 10.9 Å². The molecule has 0 fully saturated rings. The number of benzene rings is 2. The Balaban J connectivity index is 1.46. The SMILES string of the molecule is Nc1ncccc1NCc1cccc(NC(=O)c2cc3cc(Cl)ccc3o2)c1. The van der Waals surface area contributed by atoms with Gasteiger partial charge < -0.3 is 20.8 Å². The second-order valence-electron chi connectivity index (χ2n) is 6.24. The molecule has 0 bridgehead atoms. The fraction of sp³-hybridized carbons (Fsp3) is 0.0476. The van der Waals surface area contributed by atoms with E-state index in [9.17, 15) is 4.79 Å². The van der Waals surface area contributed by atoms with Crippen LogP contribution >= 0.6 is 11.6 Å². The summed E-state index contributed by atoms with van der Waals surface area (Å²) in [4.78, 5) is 16.6. The van der Waals surface area contributed by atoms with Crippen LogP contribution < -0.4 is 16.4 Å². The lowest BCUT2D eigenvalue weighted by Gasteiger charge is -2.10. The monoisotopic (exact) mass is 392 g/mol. The van der Waals surface area contributed by atoms with Crippen molar-refractivity contribution < 1.29 is 9.21 Å². The maximum Gasteiger partial charge on any atom is 0.291 e. The van der Waals surface area contributed by atoms with Crippen LogP contribution in [0.2, 0.25) is 5.02 Å². The molecule has 4 rings (SSSR count). The van der Waals surface area contributed by atoms with E-state index in [1.165, 1.54) is 0 Å². The number of hydrogen-bond donors (Lipinski definition) is 3. The van der Waals surface area contributed by atoms with Crippen molar-refractivity contribution in [1.82, 2.24) is 4.98 Å². The van der Waals surface area contributed by atoms with Gasteiger partial charge in [-0.05, 0) is 54.1 Å². The molecule has 0 saturated heterocycles. The topological polar surface area (TPSA) is 93.2 Å². The molecule has 0 unspecified atom stereocenters. The molecule has 6 nitrogen and oxygen atoms in total. The molecule has 0 atom stereocenters. The van der Waals surface area contributed by atoms with E-state index in [0.29, 0.717) is 28.7 Å². The summed E-state index contributed by atoms with van der Waals surface area (Å²) in [6.07, 6.45) is 1.64. The number of nitrogens with zero attached hydrogens (tertiary/aromatic N) is 1. The third kappa shape index (κ3) is 3.92. The third-order valence-corrected chi connectivity index (χ3v) is 4.44. The van der Waals surface area contributed by atoms with Gasteiger partial charge in [-0.15, -0.1) is 0 Å². The molecule has 0 aliphatic heterocycles. The second kappa shape index (κ2) is 7.62. The van der Waals surface area contributed by atoms with E-state index in [-0.39, 0.29) is 11.7 Å². The Kier molecular flexibility index (Phi) is 4.87. The molecule has 4 aromatic rings. The van der Waals surface area contributed by atoms with Gasteiger partial charge in [0.2, 0.25) is 0 Å². The fourth-order valence-electron chi connectivity index (χ4n) is 2.84. The van der Waals surface area contributed by atoms with Gasteiger partial charge in [-0.2, -0.15) is 0 Å². The van der Waals surface area contributed by atoms with E-state index < -0.39 is 0 Å². The number of anilines is 3. The highest BCUT2D eigenvalue weighted by Crippen LogP contribution is 2.24. The minimum Gasteiger partial charge on any atom is -0.451 e. The zero-order valence-electron chi connectivity index (χ0n) is 14.8. The lowest BCUT2D eigenvalue weighted by atomic mass is 10.2. The minimum atomic E-state index is -0.325. The zero-order valence-corrected chi connectivity index (χ0v) is 15.5. The number of pyridine rings is 1. The lowest BCUT2D eigenvalue weighted by molar-refractivity contribution is 0.0998. The van der Waals surface area contributed by atoms with E-state index in [0.717, 1.165) is 16.6 Å². The van der Waals surface area contributed by atoms with Crippen LogP contribution in [0.1, 0.15) is 16.1 Å². The predicted octanol–water partition coefficient (Wildman–Crippen LogP) is 4.93. The van der Waals surface area contributed by atoms with Crippen molar-refractivity contribution in [3.63, 3.8) is 0 Å². The zero-order chi connectivity index (χ0) is 19.5. The Bertz CT molecular complexity index is 1160. The number of nitrogen functional groups attached to an aromatic ring is 1. The summed E-state index contributed by atoms with van der Waals surface area (Å²) < 4.78 is 5.60. The van der Waals surface area contributed by atoms with Crippen LogP contribution in [0.25, 0.3) is 11.0 Å². The maximum atomic E-state index is 12.5. The van der Waals surface area contributed by atoms with Crippen LogP contribution in [0.3, 0.4) is 0 Å². The van der Waals surface area contributed by atoms with Gasteiger partial charge in [0.25, 0.3) is 5.91 Å². The normalized spacial score (nSPS) is 10.8. The third-order valence-electron chi connectivity index (χ3n) is 4.21. The van der Waals surface area contributed by atoms with E-state index in [2.05, 4.69) is 15.6 Å². The van der Waals surface area contributed by atoms with Gasteiger partial charge in [0.1, 0.15) is 11.4 Å². The molecular formula is C21H17ClN4O2. The Morgan fingerprint density at radius 2 is 2.00 bits per heavy atom. The first kappa shape index (κ1) is 17.9. The molecule has 28 heavy (non-hydrogen) atoms. The van der Waals surface area contributed by atoms with Gasteiger partial charge in [-0.25, -0.2) is 4.98 Å². The molecule has 0 spiro atoms. The van der Waals surface area contributed by atoms with Gasteiger partial charge in [0.05, 0.1) is 5.69 Å². The standard InChI is InChI=1S/C21H17ClN4O2/c22-15-6-7-18-14(10-15)11-19(28-18)21(27)26-16-4-1-3-13(9-16)12-25-17-5-2-8-24-20(17)23/h1-11,25H,12H2,(H2,23,24)(H,26,27). The molecule has 7 heteroatoms. The second-order valence-corrected chi connectivity index (χ2v) is 6.67. The summed E-state index contributed by atoms with van der Waals surface area (Å²) in [5, 5.41) is 7.46. The Morgan fingerprint density at radius 3 is 2.86 bits per heavy atom. The summed E-state index contributed by atoms with van der Waals surface area (Å²) >= 11 is 5.98. The molecule has 0 radical (unpaired) electrons. The van der Waals surface area contributed by atoms with Gasteiger partial charge in [-0.3, -0.25) is 4.79 Å². The predicted molar refractivity (Wildman–Crippen MR) is 112 cm³/mol. The Hall–Kier alpha value is -3.51. The number of carbonyl (C=O) groups is 1. The molecule has 0 saturated carbocycles. The number of amides is 1. The number of nitrogens with two attached hydrogens (primary N) is 1. The average Bonchev–Trinajstić information content (AvgIpc) is 3.11. The number of nitrogens with one attached hydrogen (secondary N) is 2. The van der Waals surface area contributed by atoms with Gasteiger partial charge in [-0.1, -0.05) is 23.7 Å². The molecular weight excluding hydrogens is 376 g/mol. The number of fused-ring (bicyclic) bond motifs is 1. The van der Waals surface area contributed by atoms with E-state index in [4.69, 9.17) is 21.8 Å². The first-order valence-electron chi connectivity index (χ1n) is 8.62. The number of carbonyl (C=O) groups excluding carboxylic acids is 1. The van der Waals surface area contributed by atoms with Crippen LogP contribution in [0.15, 0.2) is 71.3 Å². The number of rotatable bonds is 5. The first-order valence-corrected chi connectivity index (χ1v) is 9.00. The molecule has 2 aromatic carbocycles. The van der Waals surface area contributed by atoms with Crippen molar-refractivity contribution in [2.75, 3.05) is 16.4 Å². The lowest BCUT2D eigenvalue weighted by Crippen LogP contribution is -2.11. The van der Waals surface area contributed by atoms with Gasteiger partial charge >= 0.3 is 0 Å². The summed E-state index contributed by atoms with van der Waals surface area (Å²) in [6.45, 7) is 0.544. The molecule has 4 N–H and O–H groups in total. The first-order chi connectivity index (χ1) is 13.6. The number of hydrogen-bond acceptors (Lipinski definition) is 5. The summed E-state index contributed by atoms with van der Waals surface area (Å²) in [5.41, 5.74) is 8.86. The van der Waals surface area contributed by atoms with Crippen molar-refractivity contribution in [2.45, 2.75) is 6.54 Å². The largest absolute Gasteiger partial charge is 0.451 e. The molecule has 140 valence electrons. The number of halogens is 1. The van der Waals surface area contributed by atoms with E-state index >= 15 is 0 Å². The highest BCUT2D eigenvalue weighted by molar-refractivity contribution is 6.31. The van der Waals surface area contributed by atoms with E-state index in [1.54, 1.807) is 30.5 Å². The average molecular weight is 393 g/mol. The van der Waals surface area contributed by atoms with Crippen molar-refractivity contribution in [3.8, 4) is 0 Å². The van der Waals surface area contributed by atoms with Gasteiger partial charge in [0, 0.05) is 28.8 Å². The maximum absolute atomic E-state index is 12.5. The van der Waals surface area contributed by atoms with Crippen LogP contribution in [0, 0.1) is 0 Å². The highest BCUT2D eigenvalue weighted by atomic mass is 35.5. The fourth-order valence-corrected chi connectivity index (χ4v) is 3.02. The number of furan rings is 1. The van der Waals surface area contributed by atoms with Crippen molar-refractivity contribution in [3.05, 3.63) is 83.2 Å². The quantitative estimate of drug-likeness (QED) is 0.448. The van der Waals surface area contributed by atoms with Crippen LogP contribution in [0.4, 0.5) is 17.2 Å². The van der Waals surface area contributed by atoms with Crippen LogP contribution in [-0.2, 0) is 6.54 Å². The molecule has 0 aliphatic carbocycles. The molecule has 1 amide bonds. The molecule has 2 heterocycles. The highest BCUT2D eigenvalue weighted by Gasteiger charge is 2.13.